The molecule has 1 amide bonds. The molecule has 0 saturated heterocycles. The molecule has 3 rings (SSSR count). The minimum Gasteiger partial charge on any atom is -0.267 e. The van der Waals surface area contributed by atoms with Crippen LogP contribution in [0.3, 0.4) is 0 Å². The molecule has 2 aliphatic heterocycles. The van der Waals surface area contributed by atoms with E-state index in [4.69, 9.17) is 0 Å². The van der Waals surface area contributed by atoms with Crippen molar-refractivity contribution in [1.82, 2.24) is 0 Å². The lowest BCUT2D eigenvalue weighted by Crippen LogP contribution is -2.25. The molecule has 1 aromatic carbocycles. The van der Waals surface area contributed by atoms with Gasteiger partial charge in [0.2, 0.25) is 0 Å². The maximum Gasteiger partial charge on any atom is 0.281 e. The Bertz CT molecular complexity index is 611. The molecule has 4 heteroatoms. The van der Waals surface area contributed by atoms with Crippen LogP contribution in [-0.2, 0) is 0 Å². The molecule has 0 fully saturated rings. The second-order valence-corrected chi connectivity index (χ2v) is 3.05. The largest absolute Gasteiger partial charge is 0.281 e. The van der Waals surface area contributed by atoms with Crippen LogP contribution in [0, 0.1) is 0 Å². The summed E-state index contributed by atoms with van der Waals surface area (Å²) >= 11 is 0. The van der Waals surface area contributed by atoms with Crippen LogP contribution in [0.5, 0.6) is 0 Å². The zero-order valence-electron chi connectivity index (χ0n) is 7.14. The second-order valence-electron chi connectivity index (χ2n) is 3.05. The van der Waals surface area contributed by atoms with Crippen LogP contribution in [-0.4, -0.2) is 18.5 Å². The number of benzene rings is 1. The molecule has 0 aliphatic carbocycles. The average Bonchev–Trinajstić information content (AvgIpc) is 2.65. The lowest BCUT2D eigenvalue weighted by molar-refractivity contribution is 0.100. The monoisotopic (exact) mass is 183 g/mol. The molecule has 1 aromatic rings. The van der Waals surface area contributed by atoms with Gasteiger partial charge in [0.15, 0.2) is 0 Å². The number of aliphatic imine (C=N–C) groups is 2. The second kappa shape index (κ2) is 2.45. The van der Waals surface area contributed by atoms with Crippen LogP contribution in [0.1, 0.15) is 15.9 Å². The van der Waals surface area contributed by atoms with Crippen molar-refractivity contribution in [2.24, 2.45) is 15.0 Å². The quantitative estimate of drug-likeness (QED) is 0.542. The normalized spacial score (nSPS) is 15.9. The van der Waals surface area contributed by atoms with Gasteiger partial charge in [0.1, 0.15) is 6.34 Å². The molecular weight excluding hydrogens is 178 g/mol. The molecule has 0 bridgehead atoms. The molecule has 0 N–H and O–H groups in total. The summed E-state index contributed by atoms with van der Waals surface area (Å²) < 4.78 is 0. The molecular formula is C10H5N3O. The van der Waals surface area contributed by atoms with Gasteiger partial charge in [-0.2, -0.15) is 4.99 Å². The molecule has 4 nitrogen and oxygen atoms in total. The first kappa shape index (κ1) is 7.32. The van der Waals surface area contributed by atoms with Gasteiger partial charge in [-0.25, -0.2) is 4.99 Å². The zero-order valence-corrected chi connectivity index (χ0v) is 7.14. The van der Waals surface area contributed by atoms with E-state index < -0.39 is 0 Å². The fourth-order valence-corrected chi connectivity index (χ4v) is 1.61. The number of nitrogens with zero attached hydrogens (tertiary/aromatic N) is 3. The number of hydrogen-bond acceptors (Lipinski definition) is 3. The first-order chi connectivity index (χ1) is 6.86. The van der Waals surface area contributed by atoms with E-state index in [1.54, 1.807) is 12.4 Å². The first-order valence-corrected chi connectivity index (χ1v) is 4.17. The fourth-order valence-electron chi connectivity index (χ4n) is 1.61. The predicted molar refractivity (Wildman–Crippen MR) is 52.1 cm³/mol. The molecule has 2 heterocycles. The van der Waals surface area contributed by atoms with Crippen molar-refractivity contribution in [1.29, 1.82) is 0 Å². The summed E-state index contributed by atoms with van der Waals surface area (Å²) in [5.74, 6) is -0.242. The SMILES string of the molecule is O=C1N=CN=c2ccc3c(c21)C=NC=3. The van der Waals surface area contributed by atoms with Crippen LogP contribution in [0.2, 0.25) is 0 Å². The molecule has 0 saturated carbocycles. The van der Waals surface area contributed by atoms with Crippen LogP contribution >= 0.6 is 0 Å². The minimum atomic E-state index is -0.242. The Balaban J connectivity index is 2.52. The standard InChI is InChI=1S/C10H5N3O/c14-10-9-7-4-11-3-6(7)1-2-8(9)12-5-13-10/h1-5H. The summed E-state index contributed by atoms with van der Waals surface area (Å²) in [6.45, 7) is 0. The maximum atomic E-state index is 11.5. The lowest BCUT2D eigenvalue weighted by atomic mass is 10.1. The Morgan fingerprint density at radius 2 is 2.14 bits per heavy atom. The lowest BCUT2D eigenvalue weighted by Gasteiger charge is -2.03. The van der Waals surface area contributed by atoms with E-state index in [0.29, 0.717) is 10.9 Å². The van der Waals surface area contributed by atoms with Gasteiger partial charge in [-0.3, -0.25) is 9.79 Å². The van der Waals surface area contributed by atoms with Crippen molar-refractivity contribution in [2.45, 2.75) is 0 Å². The number of carbonyl (C=O) groups is 1. The predicted octanol–water partition coefficient (Wildman–Crippen LogP) is -0.341. The highest BCUT2D eigenvalue weighted by atomic mass is 16.1. The fraction of sp³-hybridized carbons (Fsp3) is 0. The number of amides is 1. The Hall–Kier alpha value is -2.10. The van der Waals surface area contributed by atoms with Crippen molar-refractivity contribution in [3.8, 4) is 0 Å². The molecule has 2 aliphatic rings. The molecule has 0 aromatic heterocycles. The van der Waals surface area contributed by atoms with Crippen molar-refractivity contribution >= 4 is 24.7 Å². The highest BCUT2D eigenvalue weighted by Gasteiger charge is 2.16. The van der Waals surface area contributed by atoms with E-state index in [2.05, 4.69) is 15.0 Å². The van der Waals surface area contributed by atoms with Gasteiger partial charge in [0.05, 0.1) is 10.9 Å². The molecule has 14 heavy (non-hydrogen) atoms. The third-order valence-corrected chi connectivity index (χ3v) is 2.26. The van der Waals surface area contributed by atoms with Gasteiger partial charge in [0, 0.05) is 23.2 Å². The van der Waals surface area contributed by atoms with Crippen molar-refractivity contribution in [2.75, 3.05) is 0 Å². The zero-order chi connectivity index (χ0) is 9.54. The Labute approximate surface area is 79.0 Å². The van der Waals surface area contributed by atoms with E-state index >= 15 is 0 Å². The van der Waals surface area contributed by atoms with E-state index in [9.17, 15) is 4.79 Å². The number of hydrogen-bond donors (Lipinski definition) is 0. The van der Waals surface area contributed by atoms with Gasteiger partial charge in [-0.15, -0.1) is 0 Å². The third-order valence-electron chi connectivity index (χ3n) is 2.26. The molecule has 0 atom stereocenters. The highest BCUT2D eigenvalue weighted by molar-refractivity contribution is 6.07. The summed E-state index contributed by atoms with van der Waals surface area (Å²) in [6, 6.07) is 3.71. The molecule has 66 valence electrons. The molecule has 0 unspecified atom stereocenters. The van der Waals surface area contributed by atoms with Gasteiger partial charge < -0.3 is 0 Å². The summed E-state index contributed by atoms with van der Waals surface area (Å²) in [4.78, 5) is 23.2. The minimum absolute atomic E-state index is 0.242. The average molecular weight is 183 g/mol. The summed E-state index contributed by atoms with van der Waals surface area (Å²) in [6.07, 6.45) is 4.68. The first-order valence-electron chi connectivity index (χ1n) is 4.17. The topological polar surface area (TPSA) is 54.1 Å². The number of carbonyl (C=O) groups excluding carboxylic acids is 1. The van der Waals surface area contributed by atoms with Crippen LogP contribution in [0.25, 0.3) is 6.20 Å². The van der Waals surface area contributed by atoms with Crippen molar-refractivity contribution < 1.29 is 4.79 Å². The number of fused-ring (bicyclic) bond motifs is 3. The summed E-state index contributed by atoms with van der Waals surface area (Å²) in [5.41, 5.74) is 1.38. The molecule has 0 spiro atoms. The van der Waals surface area contributed by atoms with E-state index in [-0.39, 0.29) is 5.91 Å². The Kier molecular flexibility index (Phi) is 1.28. The van der Waals surface area contributed by atoms with Crippen molar-refractivity contribution in [3.63, 3.8) is 0 Å². The Morgan fingerprint density at radius 3 is 3.07 bits per heavy atom. The van der Waals surface area contributed by atoms with E-state index in [1.165, 1.54) is 6.34 Å². The van der Waals surface area contributed by atoms with E-state index in [0.717, 1.165) is 10.8 Å². The van der Waals surface area contributed by atoms with Crippen LogP contribution in [0.15, 0.2) is 27.1 Å². The van der Waals surface area contributed by atoms with Crippen molar-refractivity contribution in [3.05, 3.63) is 33.8 Å². The third kappa shape index (κ3) is 0.821. The van der Waals surface area contributed by atoms with Gasteiger partial charge >= 0.3 is 0 Å². The summed E-state index contributed by atoms with van der Waals surface area (Å²) in [7, 11) is 0. The van der Waals surface area contributed by atoms with Gasteiger partial charge in [0.25, 0.3) is 5.91 Å². The van der Waals surface area contributed by atoms with E-state index in [1.807, 2.05) is 12.1 Å². The number of rotatable bonds is 0. The van der Waals surface area contributed by atoms with Gasteiger partial charge in [-0.1, -0.05) is 6.07 Å². The molecule has 0 radical (unpaired) electrons. The van der Waals surface area contributed by atoms with Crippen LogP contribution in [0.4, 0.5) is 0 Å². The summed E-state index contributed by atoms with van der Waals surface area (Å²) in [5, 5.41) is 1.62. The van der Waals surface area contributed by atoms with Crippen LogP contribution < -0.4 is 10.6 Å². The smallest absolute Gasteiger partial charge is 0.267 e. The maximum absolute atomic E-state index is 11.5. The highest BCUT2D eigenvalue weighted by Crippen LogP contribution is 2.04. The Morgan fingerprint density at radius 1 is 1.21 bits per heavy atom. The van der Waals surface area contributed by atoms with Gasteiger partial charge in [-0.05, 0) is 6.07 Å².